The van der Waals surface area contributed by atoms with Gasteiger partial charge >= 0.3 is 5.97 Å². The number of esters is 1. The van der Waals surface area contributed by atoms with Gasteiger partial charge in [0.05, 0.1) is 12.2 Å². The van der Waals surface area contributed by atoms with Crippen LogP contribution in [0.1, 0.15) is 20.8 Å². The van der Waals surface area contributed by atoms with E-state index in [1.165, 1.54) is 6.92 Å². The van der Waals surface area contributed by atoms with E-state index in [9.17, 15) is 4.79 Å². The third-order valence-electron chi connectivity index (χ3n) is 2.85. The molecule has 0 radical (unpaired) electrons. The molecule has 1 aliphatic rings. The van der Waals surface area contributed by atoms with Crippen LogP contribution in [0.25, 0.3) is 0 Å². The molecule has 0 aliphatic carbocycles. The van der Waals surface area contributed by atoms with Gasteiger partial charge in [0.1, 0.15) is 12.2 Å². The second kappa shape index (κ2) is 5.61. The summed E-state index contributed by atoms with van der Waals surface area (Å²) >= 11 is 0. The topological polar surface area (TPSA) is 54.0 Å². The molecule has 5 heteroatoms. The first-order valence-electron chi connectivity index (χ1n) is 5.39. The minimum atomic E-state index is -0.425. The van der Waals surface area contributed by atoms with Crippen LogP contribution in [0.15, 0.2) is 0 Å². The number of methoxy groups -OCH3 is 2. The van der Waals surface area contributed by atoms with Crippen molar-refractivity contribution >= 4 is 5.97 Å². The normalized spacial score (nSPS) is 39.4. The molecule has 94 valence electrons. The van der Waals surface area contributed by atoms with Crippen molar-refractivity contribution in [3.05, 3.63) is 0 Å². The van der Waals surface area contributed by atoms with E-state index in [-0.39, 0.29) is 30.4 Å². The predicted molar refractivity (Wildman–Crippen MR) is 57.2 cm³/mol. The van der Waals surface area contributed by atoms with E-state index in [0.29, 0.717) is 0 Å². The van der Waals surface area contributed by atoms with Crippen molar-refractivity contribution in [2.45, 2.75) is 51.3 Å². The van der Waals surface area contributed by atoms with Crippen LogP contribution in [0.2, 0.25) is 0 Å². The monoisotopic (exact) mass is 232 g/mol. The van der Waals surface area contributed by atoms with Gasteiger partial charge in [0.2, 0.25) is 0 Å². The molecule has 2 unspecified atom stereocenters. The Morgan fingerprint density at radius 3 is 1.75 bits per heavy atom. The first-order valence-corrected chi connectivity index (χ1v) is 5.39. The third kappa shape index (κ3) is 2.72. The molecule has 0 spiro atoms. The van der Waals surface area contributed by atoms with Crippen LogP contribution in [0, 0.1) is 0 Å². The summed E-state index contributed by atoms with van der Waals surface area (Å²) in [5.74, 6) is -0.338. The highest BCUT2D eigenvalue weighted by atomic mass is 16.6. The van der Waals surface area contributed by atoms with Gasteiger partial charge in [-0.15, -0.1) is 0 Å². The van der Waals surface area contributed by atoms with E-state index >= 15 is 0 Å². The Labute approximate surface area is 96.0 Å². The highest BCUT2D eigenvalue weighted by molar-refractivity contribution is 5.66. The lowest BCUT2D eigenvalue weighted by molar-refractivity contribution is -0.236. The maximum atomic E-state index is 11.1. The smallest absolute Gasteiger partial charge is 0.303 e. The summed E-state index contributed by atoms with van der Waals surface area (Å²) in [5, 5.41) is 0. The first-order chi connectivity index (χ1) is 7.51. The molecular formula is C11H20O5. The number of carbonyl (C=O) groups is 1. The van der Waals surface area contributed by atoms with Crippen molar-refractivity contribution in [1.82, 2.24) is 0 Å². The highest BCUT2D eigenvalue weighted by Gasteiger charge is 2.45. The number of carbonyl (C=O) groups excluding carboxylic acids is 1. The Morgan fingerprint density at radius 1 is 1.00 bits per heavy atom. The summed E-state index contributed by atoms with van der Waals surface area (Å²) < 4.78 is 21.6. The molecule has 1 rings (SSSR count). The zero-order valence-electron chi connectivity index (χ0n) is 10.4. The zero-order valence-corrected chi connectivity index (χ0v) is 10.4. The fraction of sp³-hybridized carbons (Fsp3) is 0.909. The van der Waals surface area contributed by atoms with Gasteiger partial charge in [-0.2, -0.15) is 0 Å². The lowest BCUT2D eigenvalue weighted by Crippen LogP contribution is -2.58. The molecule has 0 aromatic heterocycles. The van der Waals surface area contributed by atoms with E-state index in [1.54, 1.807) is 14.2 Å². The van der Waals surface area contributed by atoms with Crippen molar-refractivity contribution in [1.29, 1.82) is 0 Å². The third-order valence-corrected chi connectivity index (χ3v) is 2.85. The molecule has 0 aromatic rings. The SMILES string of the molecule is CO[C@H]1C(C)O[C@@H](C)[C@H](OC)C1OC(C)=O. The minimum Gasteiger partial charge on any atom is -0.457 e. The van der Waals surface area contributed by atoms with Crippen LogP contribution in [-0.4, -0.2) is 50.7 Å². The molecule has 0 N–H and O–H groups in total. The van der Waals surface area contributed by atoms with E-state index in [1.807, 2.05) is 13.8 Å². The lowest BCUT2D eigenvalue weighted by atomic mass is 9.96. The fourth-order valence-corrected chi connectivity index (χ4v) is 2.19. The fourth-order valence-electron chi connectivity index (χ4n) is 2.19. The molecule has 0 aromatic carbocycles. The molecule has 1 saturated heterocycles. The van der Waals surface area contributed by atoms with Gasteiger partial charge in [-0.1, -0.05) is 0 Å². The van der Waals surface area contributed by atoms with Gasteiger partial charge in [0.25, 0.3) is 0 Å². The Balaban J connectivity index is 2.85. The van der Waals surface area contributed by atoms with Crippen molar-refractivity contribution in [2.24, 2.45) is 0 Å². The molecule has 1 fully saturated rings. The second-order valence-corrected chi connectivity index (χ2v) is 4.02. The highest BCUT2D eigenvalue weighted by Crippen LogP contribution is 2.26. The number of hydrogen-bond donors (Lipinski definition) is 0. The Morgan fingerprint density at radius 2 is 1.44 bits per heavy atom. The van der Waals surface area contributed by atoms with Crippen molar-refractivity contribution < 1.29 is 23.7 Å². The maximum Gasteiger partial charge on any atom is 0.303 e. The van der Waals surface area contributed by atoms with Gasteiger partial charge < -0.3 is 18.9 Å². The van der Waals surface area contributed by atoms with Crippen molar-refractivity contribution in [3.63, 3.8) is 0 Å². The zero-order chi connectivity index (χ0) is 12.3. The predicted octanol–water partition coefficient (Wildman–Crippen LogP) is 0.755. The molecule has 5 atom stereocenters. The van der Waals surface area contributed by atoms with Gasteiger partial charge in [-0.25, -0.2) is 0 Å². The summed E-state index contributed by atoms with van der Waals surface area (Å²) in [7, 11) is 3.15. The number of ether oxygens (including phenoxy) is 4. The standard InChI is InChI=1S/C11H20O5/c1-6-9(13-4)11(16-8(3)12)10(14-5)7(2)15-6/h6-7,9-11H,1-5H3/t6-,7?,9-,10-,11?/m0/s1. The van der Waals surface area contributed by atoms with Crippen LogP contribution < -0.4 is 0 Å². The van der Waals surface area contributed by atoms with E-state index < -0.39 is 6.10 Å². The van der Waals surface area contributed by atoms with Crippen LogP contribution in [0.4, 0.5) is 0 Å². The van der Waals surface area contributed by atoms with Crippen LogP contribution in [0.5, 0.6) is 0 Å². The Hall–Kier alpha value is -0.650. The van der Waals surface area contributed by atoms with Crippen LogP contribution >= 0.6 is 0 Å². The molecule has 5 nitrogen and oxygen atoms in total. The maximum absolute atomic E-state index is 11.1. The summed E-state index contributed by atoms with van der Waals surface area (Å²) in [5.41, 5.74) is 0. The van der Waals surface area contributed by atoms with Gasteiger partial charge in [-0.05, 0) is 13.8 Å². The largest absolute Gasteiger partial charge is 0.457 e. The first kappa shape index (κ1) is 13.4. The quantitative estimate of drug-likeness (QED) is 0.672. The molecule has 1 aliphatic heterocycles. The van der Waals surface area contributed by atoms with Gasteiger partial charge in [0, 0.05) is 21.1 Å². The summed E-state index contributed by atoms with van der Waals surface area (Å²) in [6.45, 7) is 5.17. The van der Waals surface area contributed by atoms with E-state index in [4.69, 9.17) is 18.9 Å². The minimum absolute atomic E-state index is 0.129. The van der Waals surface area contributed by atoms with Crippen molar-refractivity contribution in [3.8, 4) is 0 Å². The van der Waals surface area contributed by atoms with Gasteiger partial charge in [0.15, 0.2) is 6.10 Å². The van der Waals surface area contributed by atoms with E-state index in [0.717, 1.165) is 0 Å². The van der Waals surface area contributed by atoms with Crippen LogP contribution in [-0.2, 0) is 23.7 Å². The van der Waals surface area contributed by atoms with Crippen molar-refractivity contribution in [2.75, 3.05) is 14.2 Å². The average molecular weight is 232 g/mol. The molecule has 0 bridgehead atoms. The summed E-state index contributed by atoms with van der Waals surface area (Å²) in [6.07, 6.45) is -1.28. The van der Waals surface area contributed by atoms with E-state index in [2.05, 4.69) is 0 Å². The number of hydrogen-bond acceptors (Lipinski definition) is 5. The molecule has 0 saturated carbocycles. The van der Waals surface area contributed by atoms with Gasteiger partial charge in [-0.3, -0.25) is 4.79 Å². The average Bonchev–Trinajstić information content (AvgIpc) is 2.17. The molecule has 1 heterocycles. The Bertz CT molecular complexity index is 227. The summed E-state index contributed by atoms with van der Waals surface area (Å²) in [4.78, 5) is 11.1. The second-order valence-electron chi connectivity index (χ2n) is 4.02. The number of rotatable bonds is 3. The molecular weight excluding hydrogens is 212 g/mol. The lowest BCUT2D eigenvalue weighted by Gasteiger charge is -2.42. The Kier molecular flexibility index (Phi) is 4.70. The molecule has 16 heavy (non-hydrogen) atoms. The summed E-state index contributed by atoms with van der Waals surface area (Å²) in [6, 6.07) is 0. The van der Waals surface area contributed by atoms with Crippen LogP contribution in [0.3, 0.4) is 0 Å². The molecule has 0 amide bonds.